The van der Waals surface area contributed by atoms with Gasteiger partial charge in [0.1, 0.15) is 11.3 Å². The van der Waals surface area contributed by atoms with Crippen LogP contribution in [0.15, 0.2) is 71.4 Å². The third kappa shape index (κ3) is 3.62. The van der Waals surface area contributed by atoms with Gasteiger partial charge in [0.05, 0.1) is 30.3 Å². The molecular formula is C24H24N4O2. The Labute approximate surface area is 175 Å². The number of aromatic nitrogens is 2. The normalized spacial score (nSPS) is 16.5. The van der Waals surface area contributed by atoms with Gasteiger partial charge in [-0.25, -0.2) is 4.98 Å². The summed E-state index contributed by atoms with van der Waals surface area (Å²) in [5.74, 6) is 0.964. The van der Waals surface area contributed by atoms with Crippen molar-refractivity contribution in [2.45, 2.75) is 32.1 Å². The zero-order valence-corrected chi connectivity index (χ0v) is 16.9. The van der Waals surface area contributed by atoms with Crippen LogP contribution >= 0.6 is 0 Å². The second-order valence-electron chi connectivity index (χ2n) is 7.88. The van der Waals surface area contributed by atoms with Gasteiger partial charge in [0, 0.05) is 31.9 Å². The van der Waals surface area contributed by atoms with Crippen LogP contribution in [0.2, 0.25) is 0 Å². The number of H-pyrrole nitrogens is 1. The van der Waals surface area contributed by atoms with Crippen molar-refractivity contribution in [2.75, 3.05) is 7.05 Å². The van der Waals surface area contributed by atoms with Crippen molar-refractivity contribution in [3.8, 4) is 0 Å². The number of hydrogen-bond acceptors (Lipinski definition) is 4. The minimum absolute atomic E-state index is 0.101. The van der Waals surface area contributed by atoms with Crippen LogP contribution in [0.5, 0.6) is 0 Å². The molecule has 0 spiro atoms. The van der Waals surface area contributed by atoms with E-state index in [1.807, 2.05) is 66.5 Å². The Balaban J connectivity index is 1.39. The van der Waals surface area contributed by atoms with E-state index in [-0.39, 0.29) is 11.9 Å². The van der Waals surface area contributed by atoms with Crippen molar-refractivity contribution in [1.29, 1.82) is 0 Å². The van der Waals surface area contributed by atoms with Gasteiger partial charge in [-0.1, -0.05) is 48.5 Å². The van der Waals surface area contributed by atoms with Gasteiger partial charge in [0.25, 0.3) is 0 Å². The maximum atomic E-state index is 13.4. The maximum Gasteiger partial charge on any atom is 0.240 e. The van der Waals surface area contributed by atoms with Crippen molar-refractivity contribution < 1.29 is 9.21 Å². The molecule has 2 aromatic carbocycles. The summed E-state index contributed by atoms with van der Waals surface area (Å²) in [4.78, 5) is 25.1. The van der Waals surface area contributed by atoms with Gasteiger partial charge in [-0.15, -0.1) is 0 Å². The highest BCUT2D eigenvalue weighted by atomic mass is 16.3. The molecule has 1 aliphatic heterocycles. The van der Waals surface area contributed by atoms with Gasteiger partial charge in [-0.3, -0.25) is 9.69 Å². The lowest BCUT2D eigenvalue weighted by atomic mass is 10.0. The Morgan fingerprint density at radius 1 is 1.20 bits per heavy atom. The minimum atomic E-state index is -0.275. The highest BCUT2D eigenvalue weighted by Gasteiger charge is 2.35. The quantitative estimate of drug-likeness (QED) is 0.554. The average molecular weight is 400 g/mol. The lowest BCUT2D eigenvalue weighted by molar-refractivity contribution is -0.137. The number of furan rings is 1. The Bertz CT molecular complexity index is 1130. The molecule has 5 rings (SSSR count). The number of carbonyl (C=O) groups is 1. The molecule has 1 atom stereocenters. The molecule has 30 heavy (non-hydrogen) atoms. The van der Waals surface area contributed by atoms with Gasteiger partial charge >= 0.3 is 0 Å². The first kappa shape index (κ1) is 18.6. The summed E-state index contributed by atoms with van der Waals surface area (Å²) >= 11 is 0. The SMILES string of the molecule is CN(Cc1ccccc1)C(=O)[C@@H]1Cc2nc[nH]c2CN1Cc1cc2ccccc2o1. The van der Waals surface area contributed by atoms with Crippen LogP contribution in [0.3, 0.4) is 0 Å². The second kappa shape index (κ2) is 7.80. The third-order valence-corrected chi connectivity index (χ3v) is 5.76. The summed E-state index contributed by atoms with van der Waals surface area (Å²) < 4.78 is 6.03. The number of rotatable bonds is 5. The standard InChI is InChI=1S/C24H24N4O2/c1-27(13-17-7-3-2-4-8-17)24(29)22-12-20-21(26-16-25-20)15-28(22)14-19-11-18-9-5-6-10-23(18)30-19/h2-11,16,22H,12-15H2,1H3,(H,25,26)/t22-/m0/s1. The molecule has 0 fully saturated rings. The first-order chi connectivity index (χ1) is 14.7. The van der Waals surface area contributed by atoms with Crippen molar-refractivity contribution in [1.82, 2.24) is 19.8 Å². The molecule has 6 nitrogen and oxygen atoms in total. The van der Waals surface area contributed by atoms with Gasteiger partial charge < -0.3 is 14.3 Å². The monoisotopic (exact) mass is 400 g/mol. The molecule has 0 saturated carbocycles. The second-order valence-corrected chi connectivity index (χ2v) is 7.88. The lowest BCUT2D eigenvalue weighted by Crippen LogP contribution is -2.50. The van der Waals surface area contributed by atoms with Crippen LogP contribution in [0.1, 0.15) is 22.7 Å². The number of amides is 1. The molecule has 2 aromatic heterocycles. The van der Waals surface area contributed by atoms with Crippen LogP contribution in [0.4, 0.5) is 0 Å². The van der Waals surface area contributed by atoms with E-state index < -0.39 is 0 Å². The van der Waals surface area contributed by atoms with Crippen molar-refractivity contribution in [3.63, 3.8) is 0 Å². The Hall–Kier alpha value is -3.38. The van der Waals surface area contributed by atoms with Gasteiger partial charge in [-0.2, -0.15) is 0 Å². The molecule has 0 saturated heterocycles. The Morgan fingerprint density at radius 2 is 2.00 bits per heavy atom. The van der Waals surface area contributed by atoms with E-state index in [2.05, 4.69) is 20.9 Å². The minimum Gasteiger partial charge on any atom is -0.460 e. The molecule has 0 unspecified atom stereocenters. The largest absolute Gasteiger partial charge is 0.460 e. The number of hydrogen-bond donors (Lipinski definition) is 1. The predicted molar refractivity (Wildman–Crippen MR) is 114 cm³/mol. The number of imidazole rings is 1. The molecule has 0 aliphatic carbocycles. The van der Waals surface area contributed by atoms with E-state index in [4.69, 9.17) is 4.42 Å². The number of para-hydroxylation sites is 1. The number of carbonyl (C=O) groups excluding carboxylic acids is 1. The Kier molecular flexibility index (Phi) is 4.85. The first-order valence-electron chi connectivity index (χ1n) is 10.2. The van der Waals surface area contributed by atoms with Crippen LogP contribution in [0, 0.1) is 0 Å². The topological polar surface area (TPSA) is 65.4 Å². The summed E-state index contributed by atoms with van der Waals surface area (Å²) in [5, 5.41) is 1.08. The van der Waals surface area contributed by atoms with E-state index in [1.165, 1.54) is 0 Å². The van der Waals surface area contributed by atoms with Gasteiger partial charge in [-0.05, 0) is 17.7 Å². The lowest BCUT2D eigenvalue weighted by Gasteiger charge is -2.35. The fourth-order valence-corrected chi connectivity index (χ4v) is 4.20. The number of benzene rings is 2. The molecular weight excluding hydrogens is 376 g/mol. The molecule has 1 amide bonds. The maximum absolute atomic E-state index is 13.4. The van der Waals surface area contributed by atoms with Crippen molar-refractivity contribution in [2.24, 2.45) is 0 Å². The van der Waals surface area contributed by atoms with E-state index in [1.54, 1.807) is 6.33 Å². The first-order valence-corrected chi connectivity index (χ1v) is 10.2. The number of aromatic amines is 1. The summed E-state index contributed by atoms with van der Waals surface area (Å²) in [6.45, 7) is 1.80. The summed E-state index contributed by atoms with van der Waals surface area (Å²) in [6, 6.07) is 19.8. The molecule has 0 radical (unpaired) electrons. The van der Waals surface area contributed by atoms with Crippen molar-refractivity contribution >= 4 is 16.9 Å². The van der Waals surface area contributed by atoms with Crippen LogP contribution in [-0.2, 0) is 30.8 Å². The predicted octanol–water partition coefficient (Wildman–Crippen LogP) is 3.74. The fourth-order valence-electron chi connectivity index (χ4n) is 4.20. The number of nitrogens with zero attached hydrogens (tertiary/aromatic N) is 3. The highest BCUT2D eigenvalue weighted by Crippen LogP contribution is 2.26. The Morgan fingerprint density at radius 3 is 2.83 bits per heavy atom. The zero-order chi connectivity index (χ0) is 20.5. The molecule has 0 bridgehead atoms. The number of fused-ring (bicyclic) bond motifs is 2. The van der Waals surface area contributed by atoms with Crippen molar-refractivity contribution in [3.05, 3.63) is 89.7 Å². The fraction of sp³-hybridized carbons (Fsp3) is 0.250. The molecule has 6 heteroatoms. The summed E-state index contributed by atoms with van der Waals surface area (Å²) in [6.07, 6.45) is 2.31. The van der Waals surface area contributed by atoms with Gasteiger partial charge in [0.2, 0.25) is 5.91 Å². The summed E-state index contributed by atoms with van der Waals surface area (Å²) in [7, 11) is 1.87. The van der Waals surface area contributed by atoms with Gasteiger partial charge in [0.15, 0.2) is 0 Å². The molecule has 1 aliphatic rings. The smallest absolute Gasteiger partial charge is 0.240 e. The third-order valence-electron chi connectivity index (χ3n) is 5.76. The van der Waals surface area contributed by atoms with Crippen LogP contribution in [-0.4, -0.2) is 38.8 Å². The molecule has 4 aromatic rings. The van der Waals surface area contributed by atoms with E-state index in [0.29, 0.717) is 26.1 Å². The summed E-state index contributed by atoms with van der Waals surface area (Å²) in [5.41, 5.74) is 4.03. The van der Waals surface area contributed by atoms with E-state index in [9.17, 15) is 4.79 Å². The van der Waals surface area contributed by atoms with Crippen LogP contribution < -0.4 is 0 Å². The number of likely N-dealkylation sites (N-methyl/N-ethyl adjacent to an activating group) is 1. The van der Waals surface area contributed by atoms with E-state index >= 15 is 0 Å². The average Bonchev–Trinajstić information content (AvgIpc) is 3.39. The zero-order valence-electron chi connectivity index (χ0n) is 16.9. The van der Waals surface area contributed by atoms with E-state index in [0.717, 1.165) is 33.7 Å². The number of nitrogens with one attached hydrogen (secondary N) is 1. The van der Waals surface area contributed by atoms with Crippen LogP contribution in [0.25, 0.3) is 11.0 Å². The highest BCUT2D eigenvalue weighted by molar-refractivity contribution is 5.82. The molecule has 1 N–H and O–H groups in total. The molecule has 3 heterocycles. The molecule has 152 valence electrons.